The summed E-state index contributed by atoms with van der Waals surface area (Å²) in [4.78, 5) is 12.0. The van der Waals surface area contributed by atoms with Crippen molar-refractivity contribution in [3.05, 3.63) is 22.2 Å². The van der Waals surface area contributed by atoms with Crippen LogP contribution in [0.3, 0.4) is 0 Å². The lowest BCUT2D eigenvalue weighted by molar-refractivity contribution is -0.113. The molecule has 0 saturated heterocycles. The summed E-state index contributed by atoms with van der Waals surface area (Å²) in [5.74, 6) is 1.11. The molecule has 0 bridgehead atoms. The van der Waals surface area contributed by atoms with Crippen molar-refractivity contribution in [3.63, 3.8) is 0 Å². The zero-order chi connectivity index (χ0) is 15.4. The predicted molar refractivity (Wildman–Crippen MR) is 93.4 cm³/mol. The van der Waals surface area contributed by atoms with Gasteiger partial charge in [-0.2, -0.15) is 0 Å². The van der Waals surface area contributed by atoms with Crippen LogP contribution in [-0.4, -0.2) is 16.9 Å². The Bertz CT molecular complexity index is 501. The molecule has 1 aliphatic rings. The number of nitrogens with one attached hydrogen (secondary N) is 1. The van der Waals surface area contributed by atoms with Crippen LogP contribution in [-0.2, 0) is 4.79 Å². The van der Waals surface area contributed by atoms with Crippen molar-refractivity contribution < 1.29 is 4.79 Å². The summed E-state index contributed by atoms with van der Waals surface area (Å²) in [5.41, 5.74) is 6.56. The zero-order valence-electron chi connectivity index (χ0n) is 12.0. The Morgan fingerprint density at radius 1 is 1.38 bits per heavy atom. The Hall–Kier alpha value is -0.580. The standard InChI is InChI=1S/C15H20Cl2N2OS/c1-9-3-2-4-11(5-9)21-8-14(20)19-15-12(16)6-10(18)7-13(15)17/h6-7,9,11H,2-5,8,18H2,1H3,(H,19,20). The Morgan fingerprint density at radius 3 is 2.67 bits per heavy atom. The highest BCUT2D eigenvalue weighted by atomic mass is 35.5. The van der Waals surface area contributed by atoms with Crippen LogP contribution < -0.4 is 11.1 Å². The van der Waals surface area contributed by atoms with Gasteiger partial charge in [0, 0.05) is 10.9 Å². The highest BCUT2D eigenvalue weighted by Gasteiger charge is 2.20. The lowest BCUT2D eigenvalue weighted by Gasteiger charge is -2.26. The quantitative estimate of drug-likeness (QED) is 0.768. The smallest absolute Gasteiger partial charge is 0.234 e. The molecule has 0 heterocycles. The molecule has 1 fully saturated rings. The minimum absolute atomic E-state index is 0.0770. The summed E-state index contributed by atoms with van der Waals surface area (Å²) >= 11 is 13.8. The van der Waals surface area contributed by atoms with Crippen LogP contribution in [0.25, 0.3) is 0 Å². The van der Waals surface area contributed by atoms with Crippen molar-refractivity contribution in [2.45, 2.75) is 37.9 Å². The van der Waals surface area contributed by atoms with Crippen molar-refractivity contribution in [1.82, 2.24) is 0 Å². The summed E-state index contributed by atoms with van der Waals surface area (Å²) in [6, 6.07) is 3.16. The van der Waals surface area contributed by atoms with Gasteiger partial charge in [0.1, 0.15) is 0 Å². The molecule has 21 heavy (non-hydrogen) atoms. The number of hydrogen-bond donors (Lipinski definition) is 2. The molecule has 0 aliphatic heterocycles. The van der Waals surface area contributed by atoms with E-state index in [4.69, 9.17) is 28.9 Å². The zero-order valence-corrected chi connectivity index (χ0v) is 14.3. The number of nitrogens with two attached hydrogens (primary N) is 1. The number of carbonyl (C=O) groups is 1. The van der Waals surface area contributed by atoms with Gasteiger partial charge < -0.3 is 11.1 Å². The third-order valence-electron chi connectivity index (χ3n) is 3.67. The Labute approximate surface area is 139 Å². The van der Waals surface area contributed by atoms with E-state index in [0.717, 1.165) is 5.92 Å². The maximum Gasteiger partial charge on any atom is 0.234 e. The van der Waals surface area contributed by atoms with Crippen molar-refractivity contribution in [2.24, 2.45) is 5.92 Å². The van der Waals surface area contributed by atoms with Crippen LogP contribution in [0.4, 0.5) is 11.4 Å². The monoisotopic (exact) mass is 346 g/mol. The van der Waals surface area contributed by atoms with Crippen molar-refractivity contribution in [1.29, 1.82) is 0 Å². The van der Waals surface area contributed by atoms with Crippen molar-refractivity contribution >= 4 is 52.2 Å². The van der Waals surface area contributed by atoms with Gasteiger partial charge in [0.05, 0.1) is 21.5 Å². The molecule has 1 aromatic carbocycles. The van der Waals surface area contributed by atoms with E-state index in [2.05, 4.69) is 12.2 Å². The van der Waals surface area contributed by atoms with Gasteiger partial charge in [-0.25, -0.2) is 0 Å². The second-order valence-corrected chi connectivity index (χ2v) is 7.72. The van der Waals surface area contributed by atoms with Gasteiger partial charge in [-0.3, -0.25) is 4.79 Å². The minimum Gasteiger partial charge on any atom is -0.399 e. The number of nitrogen functional groups attached to an aromatic ring is 1. The molecule has 116 valence electrons. The number of carbonyl (C=O) groups excluding carboxylic acids is 1. The third kappa shape index (κ3) is 4.97. The molecular weight excluding hydrogens is 327 g/mol. The van der Waals surface area contributed by atoms with E-state index in [9.17, 15) is 4.79 Å². The number of halogens is 2. The minimum atomic E-state index is -0.0770. The molecule has 6 heteroatoms. The molecule has 1 saturated carbocycles. The first kappa shape index (κ1) is 16.8. The van der Waals surface area contributed by atoms with Gasteiger partial charge in [-0.15, -0.1) is 11.8 Å². The van der Waals surface area contributed by atoms with Gasteiger partial charge >= 0.3 is 0 Å². The van der Waals surface area contributed by atoms with E-state index in [1.165, 1.54) is 25.7 Å². The molecule has 0 aromatic heterocycles. The lowest BCUT2D eigenvalue weighted by atomic mass is 9.91. The molecular formula is C15H20Cl2N2OS. The Morgan fingerprint density at radius 2 is 2.05 bits per heavy atom. The number of amides is 1. The molecule has 1 aromatic rings. The molecule has 1 amide bonds. The first-order valence-electron chi connectivity index (χ1n) is 7.11. The molecule has 0 radical (unpaired) electrons. The number of benzene rings is 1. The van der Waals surface area contributed by atoms with Crippen LogP contribution in [0.15, 0.2) is 12.1 Å². The molecule has 3 N–H and O–H groups in total. The largest absolute Gasteiger partial charge is 0.399 e. The second-order valence-electron chi connectivity index (χ2n) is 5.61. The fraction of sp³-hybridized carbons (Fsp3) is 0.533. The number of rotatable bonds is 4. The van der Waals surface area contributed by atoms with Crippen LogP contribution in [0, 0.1) is 5.92 Å². The third-order valence-corrected chi connectivity index (χ3v) is 5.59. The van der Waals surface area contributed by atoms with E-state index in [0.29, 0.717) is 32.4 Å². The number of thioether (sulfide) groups is 1. The predicted octanol–water partition coefficient (Wildman–Crippen LogP) is 4.83. The van der Waals surface area contributed by atoms with Crippen molar-refractivity contribution in [2.75, 3.05) is 16.8 Å². The van der Waals surface area contributed by atoms with E-state index >= 15 is 0 Å². The summed E-state index contributed by atoms with van der Waals surface area (Å²) in [6.45, 7) is 2.28. The first-order valence-corrected chi connectivity index (χ1v) is 8.92. The van der Waals surface area contributed by atoms with Crippen LogP contribution >= 0.6 is 35.0 Å². The number of hydrogen-bond acceptors (Lipinski definition) is 3. The maximum absolute atomic E-state index is 12.0. The fourth-order valence-corrected chi connectivity index (χ4v) is 4.47. The molecule has 0 spiro atoms. The van der Waals surface area contributed by atoms with E-state index in [1.807, 2.05) is 0 Å². The average Bonchev–Trinajstić information content (AvgIpc) is 2.40. The van der Waals surface area contributed by atoms with Crippen LogP contribution in [0.5, 0.6) is 0 Å². The SMILES string of the molecule is CC1CCCC(SCC(=O)Nc2c(Cl)cc(N)cc2Cl)C1. The Kier molecular flexibility index (Phi) is 6.08. The molecule has 1 aliphatic carbocycles. The van der Waals surface area contributed by atoms with Gasteiger partial charge in [0.15, 0.2) is 0 Å². The maximum atomic E-state index is 12.0. The van der Waals surface area contributed by atoms with E-state index < -0.39 is 0 Å². The van der Waals surface area contributed by atoms with E-state index in [-0.39, 0.29) is 5.91 Å². The van der Waals surface area contributed by atoms with Gasteiger partial charge in [-0.05, 0) is 30.9 Å². The Balaban J connectivity index is 1.87. The lowest BCUT2D eigenvalue weighted by Crippen LogP contribution is -2.20. The van der Waals surface area contributed by atoms with Crippen LogP contribution in [0.1, 0.15) is 32.6 Å². The highest BCUT2D eigenvalue weighted by molar-refractivity contribution is 8.00. The van der Waals surface area contributed by atoms with Gasteiger partial charge in [0.25, 0.3) is 0 Å². The molecule has 3 nitrogen and oxygen atoms in total. The molecule has 2 rings (SSSR count). The summed E-state index contributed by atoms with van der Waals surface area (Å²) in [7, 11) is 0. The van der Waals surface area contributed by atoms with Gasteiger partial charge in [0.2, 0.25) is 5.91 Å². The van der Waals surface area contributed by atoms with Gasteiger partial charge in [-0.1, -0.05) is 43.0 Å². The second kappa shape index (κ2) is 7.61. The fourth-order valence-electron chi connectivity index (χ4n) is 2.61. The summed E-state index contributed by atoms with van der Waals surface area (Å²) in [5, 5.41) is 4.09. The average molecular weight is 347 g/mol. The van der Waals surface area contributed by atoms with Crippen LogP contribution in [0.2, 0.25) is 10.0 Å². The summed E-state index contributed by atoms with van der Waals surface area (Å²) < 4.78 is 0. The number of anilines is 2. The molecule has 2 atom stereocenters. The topological polar surface area (TPSA) is 55.1 Å². The normalized spacial score (nSPS) is 22.0. The molecule has 2 unspecified atom stereocenters. The highest BCUT2D eigenvalue weighted by Crippen LogP contribution is 2.34. The first-order chi connectivity index (χ1) is 9.95. The van der Waals surface area contributed by atoms with Crippen molar-refractivity contribution in [3.8, 4) is 0 Å². The van der Waals surface area contributed by atoms with E-state index in [1.54, 1.807) is 23.9 Å². The summed E-state index contributed by atoms with van der Waals surface area (Å²) in [6.07, 6.45) is 4.96.